The van der Waals surface area contributed by atoms with Crippen molar-refractivity contribution in [2.45, 2.75) is 13.0 Å². The largest absolute Gasteiger partial charge is 0.494 e. The second-order valence-electron chi connectivity index (χ2n) is 4.36. The molecule has 2 aromatic carbocycles. The van der Waals surface area contributed by atoms with Crippen molar-refractivity contribution < 1.29 is 17.9 Å². The van der Waals surface area contributed by atoms with Gasteiger partial charge in [0, 0.05) is 10.0 Å². The molecule has 0 bridgehead atoms. The zero-order chi connectivity index (χ0) is 15.6. The fraction of sp³-hybridized carbons (Fsp3) is 0.200. The Labute approximate surface area is 128 Å². The highest BCUT2D eigenvalue weighted by Crippen LogP contribution is 2.32. The molecule has 1 unspecified atom stereocenters. The standard InChI is InChI=1S/C15H13BrF3NO/c1-2-21-8-3-4-9(11(16)7-8)15(20)10-5-6-12(17)14(19)13(10)18/h3-7,15H,2,20H2,1H3. The molecular formula is C15H13BrF3NO. The molecule has 112 valence electrons. The summed E-state index contributed by atoms with van der Waals surface area (Å²) in [5.74, 6) is -3.41. The highest BCUT2D eigenvalue weighted by atomic mass is 79.9. The van der Waals surface area contributed by atoms with Gasteiger partial charge in [-0.25, -0.2) is 13.2 Å². The average Bonchev–Trinajstić information content (AvgIpc) is 2.45. The molecule has 0 saturated carbocycles. The number of nitrogens with two attached hydrogens (primary N) is 1. The van der Waals surface area contributed by atoms with Crippen molar-refractivity contribution >= 4 is 15.9 Å². The third-order valence-electron chi connectivity index (χ3n) is 3.02. The van der Waals surface area contributed by atoms with Crippen LogP contribution in [0.3, 0.4) is 0 Å². The van der Waals surface area contributed by atoms with Gasteiger partial charge in [0.25, 0.3) is 0 Å². The summed E-state index contributed by atoms with van der Waals surface area (Å²) in [6, 6.07) is 6.10. The number of hydrogen-bond donors (Lipinski definition) is 1. The summed E-state index contributed by atoms with van der Waals surface area (Å²) in [5.41, 5.74) is 6.39. The summed E-state index contributed by atoms with van der Waals surface area (Å²) in [6.07, 6.45) is 0. The van der Waals surface area contributed by atoms with E-state index < -0.39 is 23.5 Å². The zero-order valence-corrected chi connectivity index (χ0v) is 12.8. The van der Waals surface area contributed by atoms with Crippen LogP contribution < -0.4 is 10.5 Å². The summed E-state index contributed by atoms with van der Waals surface area (Å²) >= 11 is 3.32. The maximum atomic E-state index is 13.8. The van der Waals surface area contributed by atoms with Crippen molar-refractivity contribution in [1.82, 2.24) is 0 Å². The van der Waals surface area contributed by atoms with Crippen molar-refractivity contribution in [3.63, 3.8) is 0 Å². The van der Waals surface area contributed by atoms with Gasteiger partial charge in [-0.3, -0.25) is 0 Å². The fourth-order valence-electron chi connectivity index (χ4n) is 1.97. The smallest absolute Gasteiger partial charge is 0.194 e. The van der Waals surface area contributed by atoms with Gasteiger partial charge < -0.3 is 10.5 Å². The van der Waals surface area contributed by atoms with E-state index in [-0.39, 0.29) is 5.56 Å². The second-order valence-corrected chi connectivity index (χ2v) is 5.21. The maximum Gasteiger partial charge on any atom is 0.194 e. The van der Waals surface area contributed by atoms with E-state index in [0.29, 0.717) is 22.4 Å². The van der Waals surface area contributed by atoms with E-state index in [1.807, 2.05) is 6.92 Å². The van der Waals surface area contributed by atoms with E-state index in [1.165, 1.54) is 0 Å². The van der Waals surface area contributed by atoms with Crippen molar-refractivity contribution in [2.75, 3.05) is 6.61 Å². The Hall–Kier alpha value is -1.53. The van der Waals surface area contributed by atoms with Gasteiger partial charge in [0.1, 0.15) is 5.75 Å². The quantitative estimate of drug-likeness (QED) is 0.825. The highest BCUT2D eigenvalue weighted by molar-refractivity contribution is 9.10. The highest BCUT2D eigenvalue weighted by Gasteiger charge is 2.21. The Morgan fingerprint density at radius 1 is 1.10 bits per heavy atom. The lowest BCUT2D eigenvalue weighted by atomic mass is 9.98. The lowest BCUT2D eigenvalue weighted by Gasteiger charge is -2.16. The van der Waals surface area contributed by atoms with E-state index in [2.05, 4.69) is 15.9 Å². The van der Waals surface area contributed by atoms with Crippen LogP contribution in [-0.2, 0) is 0 Å². The molecule has 0 fully saturated rings. The molecule has 0 radical (unpaired) electrons. The van der Waals surface area contributed by atoms with Gasteiger partial charge >= 0.3 is 0 Å². The SMILES string of the molecule is CCOc1ccc(C(N)c2ccc(F)c(F)c2F)c(Br)c1. The number of rotatable bonds is 4. The molecule has 2 N–H and O–H groups in total. The average molecular weight is 360 g/mol. The molecule has 6 heteroatoms. The Kier molecular flexibility index (Phi) is 4.90. The number of benzene rings is 2. The van der Waals surface area contributed by atoms with Crippen molar-refractivity contribution in [2.24, 2.45) is 5.73 Å². The first kappa shape index (κ1) is 15.9. The van der Waals surface area contributed by atoms with Crippen LogP contribution in [0, 0.1) is 17.5 Å². The Balaban J connectivity index is 2.40. The topological polar surface area (TPSA) is 35.2 Å². The van der Waals surface area contributed by atoms with Gasteiger partial charge in [-0.1, -0.05) is 28.1 Å². The maximum absolute atomic E-state index is 13.8. The molecule has 0 heterocycles. The van der Waals surface area contributed by atoms with E-state index in [0.717, 1.165) is 12.1 Å². The van der Waals surface area contributed by atoms with E-state index >= 15 is 0 Å². The van der Waals surface area contributed by atoms with Crippen LogP contribution >= 0.6 is 15.9 Å². The van der Waals surface area contributed by atoms with Crippen LogP contribution in [0.25, 0.3) is 0 Å². The van der Waals surface area contributed by atoms with Gasteiger partial charge in [-0.15, -0.1) is 0 Å². The molecule has 21 heavy (non-hydrogen) atoms. The minimum atomic E-state index is -1.52. The Morgan fingerprint density at radius 2 is 1.76 bits per heavy atom. The van der Waals surface area contributed by atoms with Crippen LogP contribution in [0.2, 0.25) is 0 Å². The molecule has 0 spiro atoms. The lowest BCUT2D eigenvalue weighted by molar-refractivity contribution is 0.340. The predicted octanol–water partition coefficient (Wildman–Crippen LogP) is 4.31. The fourth-order valence-corrected chi connectivity index (χ4v) is 2.57. The minimum absolute atomic E-state index is 0.112. The van der Waals surface area contributed by atoms with Crippen LogP contribution in [0.15, 0.2) is 34.8 Å². The molecule has 1 atom stereocenters. The number of ether oxygens (including phenoxy) is 1. The first-order valence-corrected chi connectivity index (χ1v) is 7.06. The summed E-state index contributed by atoms with van der Waals surface area (Å²) in [5, 5.41) is 0. The van der Waals surface area contributed by atoms with Gasteiger partial charge in [0.2, 0.25) is 0 Å². The molecule has 0 aromatic heterocycles. The van der Waals surface area contributed by atoms with Crippen LogP contribution in [-0.4, -0.2) is 6.61 Å². The molecular weight excluding hydrogens is 347 g/mol. The molecule has 2 rings (SSSR count). The summed E-state index contributed by atoms with van der Waals surface area (Å²) in [4.78, 5) is 0. The monoisotopic (exact) mass is 359 g/mol. The van der Waals surface area contributed by atoms with Gasteiger partial charge in [-0.05, 0) is 30.7 Å². The molecule has 0 aliphatic heterocycles. The zero-order valence-electron chi connectivity index (χ0n) is 11.2. The van der Waals surface area contributed by atoms with Gasteiger partial charge in [0.05, 0.1) is 12.6 Å². The van der Waals surface area contributed by atoms with E-state index in [1.54, 1.807) is 18.2 Å². The van der Waals surface area contributed by atoms with Crippen LogP contribution in [0.4, 0.5) is 13.2 Å². The van der Waals surface area contributed by atoms with E-state index in [4.69, 9.17) is 10.5 Å². The first-order valence-electron chi connectivity index (χ1n) is 6.27. The van der Waals surface area contributed by atoms with Crippen LogP contribution in [0.5, 0.6) is 5.75 Å². The molecule has 2 nitrogen and oxygen atoms in total. The summed E-state index contributed by atoms with van der Waals surface area (Å²) in [6.45, 7) is 2.36. The van der Waals surface area contributed by atoms with Crippen molar-refractivity contribution in [3.8, 4) is 5.75 Å². The molecule has 0 amide bonds. The first-order chi connectivity index (χ1) is 9.95. The third kappa shape index (κ3) is 3.22. The number of hydrogen-bond acceptors (Lipinski definition) is 2. The van der Waals surface area contributed by atoms with Crippen molar-refractivity contribution in [1.29, 1.82) is 0 Å². The molecule has 0 aliphatic carbocycles. The Morgan fingerprint density at radius 3 is 2.38 bits per heavy atom. The normalized spacial score (nSPS) is 12.3. The minimum Gasteiger partial charge on any atom is -0.494 e. The third-order valence-corrected chi connectivity index (χ3v) is 3.70. The van der Waals surface area contributed by atoms with Crippen molar-refractivity contribution in [3.05, 3.63) is 63.4 Å². The lowest BCUT2D eigenvalue weighted by Crippen LogP contribution is -2.15. The summed E-state index contributed by atoms with van der Waals surface area (Å²) in [7, 11) is 0. The second kappa shape index (κ2) is 6.49. The predicted molar refractivity (Wildman–Crippen MR) is 77.7 cm³/mol. The molecule has 0 aliphatic rings. The summed E-state index contributed by atoms with van der Waals surface area (Å²) < 4.78 is 46.0. The molecule has 2 aromatic rings. The van der Waals surface area contributed by atoms with Gasteiger partial charge in [0.15, 0.2) is 17.5 Å². The van der Waals surface area contributed by atoms with E-state index in [9.17, 15) is 13.2 Å². The van der Waals surface area contributed by atoms with Gasteiger partial charge in [-0.2, -0.15) is 0 Å². The number of halogens is 4. The molecule has 0 saturated heterocycles. The Bertz CT molecular complexity index is 664. The van der Waals surface area contributed by atoms with Crippen LogP contribution in [0.1, 0.15) is 24.1 Å².